The number of ether oxygens (including phenoxy) is 1. The van der Waals surface area contributed by atoms with Gasteiger partial charge in [0, 0.05) is 0 Å². The standard InChI is InChI=1S/C22H17N5O4/c1-13(20(29)15(10-23)21-25-17-8-4-5-9-18(17)26-21)31-19(28)11-27-12-24-16-7-3-2-6-14(16)22(27)30/h2-9,12-13,29H,11H2,1H3,(H,25,26)/b20-15-/t13-/m0/s1. The van der Waals surface area contributed by atoms with Gasteiger partial charge in [0.1, 0.15) is 18.2 Å². The summed E-state index contributed by atoms with van der Waals surface area (Å²) in [6.45, 7) is 1.04. The van der Waals surface area contributed by atoms with Crippen LogP contribution < -0.4 is 5.56 Å². The summed E-state index contributed by atoms with van der Waals surface area (Å²) in [4.78, 5) is 36.3. The van der Waals surface area contributed by atoms with Gasteiger partial charge in [-0.05, 0) is 31.2 Å². The number of esters is 1. The van der Waals surface area contributed by atoms with Crippen LogP contribution in [0, 0.1) is 11.3 Å². The SMILES string of the molecule is C[C@H](OC(=O)Cn1cnc2ccccc2c1=O)/C(O)=C(\C#N)c1nc2ccccc2[nH]1. The summed E-state index contributed by atoms with van der Waals surface area (Å²) in [5.74, 6) is -1.04. The number of para-hydroxylation sites is 3. The van der Waals surface area contributed by atoms with Gasteiger partial charge in [0.25, 0.3) is 5.56 Å². The molecule has 0 saturated carbocycles. The predicted octanol–water partition coefficient (Wildman–Crippen LogP) is 2.70. The van der Waals surface area contributed by atoms with E-state index in [0.29, 0.717) is 21.9 Å². The number of hydrogen-bond donors (Lipinski definition) is 2. The van der Waals surface area contributed by atoms with Gasteiger partial charge in [-0.1, -0.05) is 24.3 Å². The van der Waals surface area contributed by atoms with E-state index in [1.165, 1.54) is 13.3 Å². The maximum Gasteiger partial charge on any atom is 0.326 e. The summed E-state index contributed by atoms with van der Waals surface area (Å²) < 4.78 is 6.36. The van der Waals surface area contributed by atoms with Gasteiger partial charge in [-0.2, -0.15) is 5.26 Å². The Kier molecular flexibility index (Phi) is 5.20. The molecule has 0 amide bonds. The number of hydrogen-bond acceptors (Lipinski definition) is 7. The third-order valence-corrected chi connectivity index (χ3v) is 4.72. The molecule has 0 spiro atoms. The van der Waals surface area contributed by atoms with E-state index in [9.17, 15) is 20.0 Å². The van der Waals surface area contributed by atoms with Crippen molar-refractivity contribution in [2.24, 2.45) is 0 Å². The Morgan fingerprint density at radius 2 is 1.94 bits per heavy atom. The Morgan fingerprint density at radius 1 is 1.23 bits per heavy atom. The van der Waals surface area contributed by atoms with E-state index in [2.05, 4.69) is 15.0 Å². The topological polar surface area (TPSA) is 134 Å². The number of allylic oxidation sites excluding steroid dienone is 1. The molecule has 2 aromatic carbocycles. The van der Waals surface area contributed by atoms with Crippen molar-refractivity contribution in [3.8, 4) is 6.07 Å². The van der Waals surface area contributed by atoms with Crippen LogP contribution in [0.15, 0.2) is 65.4 Å². The summed E-state index contributed by atoms with van der Waals surface area (Å²) in [5, 5.41) is 20.4. The van der Waals surface area contributed by atoms with Crippen LogP contribution in [0.2, 0.25) is 0 Å². The second-order valence-corrected chi connectivity index (χ2v) is 6.80. The van der Waals surface area contributed by atoms with Gasteiger partial charge >= 0.3 is 5.97 Å². The Hall–Kier alpha value is -4.45. The fraction of sp³-hybridized carbons (Fsp3) is 0.136. The van der Waals surface area contributed by atoms with E-state index in [4.69, 9.17) is 4.74 Å². The zero-order valence-electron chi connectivity index (χ0n) is 16.4. The van der Waals surface area contributed by atoms with E-state index in [1.807, 2.05) is 12.1 Å². The lowest BCUT2D eigenvalue weighted by Gasteiger charge is -2.14. The number of imidazole rings is 1. The van der Waals surface area contributed by atoms with Crippen LogP contribution >= 0.6 is 0 Å². The van der Waals surface area contributed by atoms with Gasteiger partial charge in [0.2, 0.25) is 0 Å². The molecule has 0 fully saturated rings. The highest BCUT2D eigenvalue weighted by Crippen LogP contribution is 2.21. The molecule has 154 valence electrons. The van der Waals surface area contributed by atoms with Crippen LogP contribution in [0.5, 0.6) is 0 Å². The molecule has 31 heavy (non-hydrogen) atoms. The van der Waals surface area contributed by atoms with E-state index >= 15 is 0 Å². The molecule has 2 N–H and O–H groups in total. The Balaban J connectivity index is 1.54. The third kappa shape index (κ3) is 3.86. The van der Waals surface area contributed by atoms with Gasteiger partial charge in [0.05, 0.1) is 28.3 Å². The number of carbonyl (C=O) groups excluding carboxylic acids is 1. The lowest BCUT2D eigenvalue weighted by atomic mass is 10.2. The summed E-state index contributed by atoms with van der Waals surface area (Å²) in [6.07, 6.45) is 0.140. The largest absolute Gasteiger partial charge is 0.507 e. The van der Waals surface area contributed by atoms with Gasteiger partial charge in [0.15, 0.2) is 17.7 Å². The van der Waals surface area contributed by atoms with Gasteiger partial charge in [-0.3, -0.25) is 14.2 Å². The summed E-state index contributed by atoms with van der Waals surface area (Å²) in [7, 11) is 0. The molecule has 0 aliphatic rings. The molecule has 9 heteroatoms. The highest BCUT2D eigenvalue weighted by atomic mass is 16.6. The number of aliphatic hydroxyl groups excluding tert-OH is 1. The molecular formula is C22H17N5O4. The Labute approximate surface area is 175 Å². The van der Waals surface area contributed by atoms with E-state index in [-0.39, 0.29) is 23.5 Å². The van der Waals surface area contributed by atoms with Crippen molar-refractivity contribution in [1.29, 1.82) is 5.26 Å². The van der Waals surface area contributed by atoms with Crippen molar-refractivity contribution >= 4 is 33.5 Å². The van der Waals surface area contributed by atoms with Crippen molar-refractivity contribution < 1.29 is 14.6 Å². The predicted molar refractivity (Wildman–Crippen MR) is 113 cm³/mol. The second-order valence-electron chi connectivity index (χ2n) is 6.80. The number of rotatable bonds is 5. The van der Waals surface area contributed by atoms with Gasteiger partial charge in [-0.15, -0.1) is 0 Å². The lowest BCUT2D eigenvalue weighted by molar-refractivity contribution is -0.148. The molecule has 9 nitrogen and oxygen atoms in total. The average Bonchev–Trinajstić information content (AvgIpc) is 3.20. The molecule has 0 saturated heterocycles. The van der Waals surface area contributed by atoms with E-state index < -0.39 is 17.8 Å². The quantitative estimate of drug-likeness (QED) is 0.291. The maximum absolute atomic E-state index is 12.5. The van der Waals surface area contributed by atoms with Crippen LogP contribution in [0.1, 0.15) is 12.7 Å². The van der Waals surface area contributed by atoms with Crippen molar-refractivity contribution in [3.63, 3.8) is 0 Å². The average molecular weight is 415 g/mol. The fourth-order valence-electron chi connectivity index (χ4n) is 3.15. The fourth-order valence-corrected chi connectivity index (χ4v) is 3.15. The molecule has 2 aromatic heterocycles. The minimum absolute atomic E-state index is 0.138. The van der Waals surface area contributed by atoms with Gasteiger partial charge < -0.3 is 14.8 Å². The number of nitrogens with zero attached hydrogens (tertiary/aromatic N) is 4. The molecule has 4 rings (SSSR count). The summed E-state index contributed by atoms with van der Waals surface area (Å²) >= 11 is 0. The number of nitrogens with one attached hydrogen (secondary N) is 1. The minimum atomic E-state index is -1.13. The van der Waals surface area contributed by atoms with Crippen LogP contribution in [-0.4, -0.2) is 36.7 Å². The molecule has 0 aliphatic carbocycles. The molecular weight excluding hydrogens is 398 g/mol. The van der Waals surface area contributed by atoms with Crippen molar-refractivity contribution in [3.05, 3.63) is 76.8 Å². The zero-order valence-corrected chi connectivity index (χ0v) is 16.4. The molecule has 2 heterocycles. The van der Waals surface area contributed by atoms with Crippen molar-refractivity contribution in [1.82, 2.24) is 19.5 Å². The van der Waals surface area contributed by atoms with Crippen LogP contribution in [0.25, 0.3) is 27.5 Å². The van der Waals surface area contributed by atoms with Crippen LogP contribution in [-0.2, 0) is 16.1 Å². The smallest absolute Gasteiger partial charge is 0.326 e. The highest BCUT2D eigenvalue weighted by molar-refractivity contribution is 5.83. The first kappa shape index (κ1) is 19.8. The number of benzene rings is 2. The molecule has 4 aromatic rings. The van der Waals surface area contributed by atoms with Crippen molar-refractivity contribution in [2.45, 2.75) is 19.6 Å². The number of carbonyl (C=O) groups is 1. The molecule has 0 bridgehead atoms. The molecule has 0 radical (unpaired) electrons. The normalized spacial score (nSPS) is 12.9. The molecule has 0 aliphatic heterocycles. The minimum Gasteiger partial charge on any atom is -0.507 e. The lowest BCUT2D eigenvalue weighted by Crippen LogP contribution is -2.28. The molecule has 0 unspecified atom stereocenters. The number of aromatic amines is 1. The number of H-pyrrole nitrogens is 1. The van der Waals surface area contributed by atoms with Crippen molar-refractivity contribution in [2.75, 3.05) is 0 Å². The summed E-state index contributed by atoms with van der Waals surface area (Å²) in [6, 6.07) is 15.9. The summed E-state index contributed by atoms with van der Waals surface area (Å²) in [5.41, 5.74) is 1.34. The molecule has 1 atom stereocenters. The number of nitriles is 1. The Bertz CT molecular complexity index is 1390. The number of fused-ring (bicyclic) bond motifs is 2. The van der Waals surface area contributed by atoms with E-state index in [1.54, 1.807) is 42.5 Å². The first-order valence-corrected chi connectivity index (χ1v) is 9.40. The highest BCUT2D eigenvalue weighted by Gasteiger charge is 2.21. The first-order chi connectivity index (χ1) is 15.0. The zero-order chi connectivity index (χ0) is 22.0. The third-order valence-electron chi connectivity index (χ3n) is 4.72. The second kappa shape index (κ2) is 8.12. The first-order valence-electron chi connectivity index (χ1n) is 9.40. The number of aromatic nitrogens is 4. The van der Waals surface area contributed by atoms with Gasteiger partial charge in [-0.25, -0.2) is 9.97 Å². The van der Waals surface area contributed by atoms with E-state index in [0.717, 1.165) is 4.57 Å². The van der Waals surface area contributed by atoms with Crippen LogP contribution in [0.3, 0.4) is 0 Å². The maximum atomic E-state index is 12.5. The monoisotopic (exact) mass is 415 g/mol. The van der Waals surface area contributed by atoms with Crippen LogP contribution in [0.4, 0.5) is 0 Å². The Morgan fingerprint density at radius 3 is 2.68 bits per heavy atom. The number of aliphatic hydroxyl groups is 1.